The number of hydrogen-bond acceptors (Lipinski definition) is 4. The van der Waals surface area contributed by atoms with Crippen molar-refractivity contribution >= 4 is 51.8 Å². The Morgan fingerprint density at radius 3 is 2.47 bits per heavy atom. The first-order valence-electron chi connectivity index (χ1n) is 9.59. The molecule has 1 amide bonds. The number of carbonyl (C=O) groups excluding carboxylic acids is 1. The normalized spacial score (nSPS) is 11.1. The van der Waals surface area contributed by atoms with Crippen molar-refractivity contribution in [3.05, 3.63) is 98.6 Å². The molecule has 7 heteroatoms. The van der Waals surface area contributed by atoms with Crippen LogP contribution in [0.25, 0.3) is 28.4 Å². The molecule has 0 unspecified atom stereocenters. The van der Waals surface area contributed by atoms with Crippen molar-refractivity contribution in [1.29, 1.82) is 0 Å². The summed E-state index contributed by atoms with van der Waals surface area (Å²) >= 11 is 11.9. The van der Waals surface area contributed by atoms with Crippen molar-refractivity contribution in [3.63, 3.8) is 0 Å². The molecule has 0 fully saturated rings. The lowest BCUT2D eigenvalue weighted by molar-refractivity contribution is -0.111. The lowest BCUT2D eigenvalue weighted by Crippen LogP contribution is -2.07. The highest BCUT2D eigenvalue weighted by Gasteiger charge is 2.09. The zero-order chi connectivity index (χ0) is 22.7. The van der Waals surface area contributed by atoms with Gasteiger partial charge in [0.05, 0.1) is 22.5 Å². The van der Waals surface area contributed by atoms with Crippen molar-refractivity contribution in [2.45, 2.75) is 0 Å². The van der Waals surface area contributed by atoms with Gasteiger partial charge in [-0.2, -0.15) is 0 Å². The average molecular weight is 466 g/mol. The molecule has 1 heterocycles. The number of methoxy groups -OCH3 is 1. The van der Waals surface area contributed by atoms with Crippen LogP contribution in [0.3, 0.4) is 0 Å². The molecule has 0 aliphatic heterocycles. The van der Waals surface area contributed by atoms with Gasteiger partial charge in [0.25, 0.3) is 0 Å². The van der Waals surface area contributed by atoms with E-state index < -0.39 is 0 Å². The van der Waals surface area contributed by atoms with Crippen LogP contribution in [-0.4, -0.2) is 13.0 Å². The molecule has 1 aromatic heterocycles. The number of carbonyl (C=O) groups is 1. The molecule has 0 aliphatic carbocycles. The van der Waals surface area contributed by atoms with Crippen molar-refractivity contribution < 1.29 is 13.9 Å². The summed E-state index contributed by atoms with van der Waals surface area (Å²) in [6, 6.07) is 18.6. The van der Waals surface area contributed by atoms with Crippen LogP contribution in [0.4, 0.5) is 5.69 Å². The summed E-state index contributed by atoms with van der Waals surface area (Å²) in [6.07, 6.45) is 3.05. The molecule has 4 aromatic rings. The van der Waals surface area contributed by atoms with Crippen molar-refractivity contribution in [2.75, 3.05) is 12.4 Å². The maximum Gasteiger partial charge on any atom is 0.248 e. The molecule has 3 aromatic carbocycles. The molecule has 160 valence electrons. The predicted octanol–water partition coefficient (Wildman–Crippen LogP) is 6.43. The lowest BCUT2D eigenvalue weighted by Gasteiger charge is -2.06. The minimum Gasteiger partial charge on any atom is -0.497 e. The van der Waals surface area contributed by atoms with Gasteiger partial charge in [-0.3, -0.25) is 9.59 Å². The second kappa shape index (κ2) is 9.30. The highest BCUT2D eigenvalue weighted by molar-refractivity contribution is 6.42. The van der Waals surface area contributed by atoms with E-state index in [4.69, 9.17) is 32.4 Å². The number of amides is 1. The van der Waals surface area contributed by atoms with Gasteiger partial charge in [-0.1, -0.05) is 29.3 Å². The van der Waals surface area contributed by atoms with E-state index in [9.17, 15) is 9.59 Å². The predicted molar refractivity (Wildman–Crippen MR) is 129 cm³/mol. The smallest absolute Gasteiger partial charge is 0.248 e. The van der Waals surface area contributed by atoms with Crippen LogP contribution in [-0.2, 0) is 4.79 Å². The van der Waals surface area contributed by atoms with Gasteiger partial charge in [-0.05, 0) is 66.2 Å². The van der Waals surface area contributed by atoms with E-state index in [1.165, 1.54) is 12.1 Å². The first-order valence-corrected chi connectivity index (χ1v) is 10.3. The van der Waals surface area contributed by atoms with Crippen LogP contribution in [0.1, 0.15) is 5.56 Å². The Kier molecular flexibility index (Phi) is 6.30. The Morgan fingerprint density at radius 1 is 0.969 bits per heavy atom. The summed E-state index contributed by atoms with van der Waals surface area (Å²) in [4.78, 5) is 24.7. The van der Waals surface area contributed by atoms with E-state index in [0.717, 1.165) is 5.56 Å². The number of rotatable bonds is 5. The van der Waals surface area contributed by atoms with Crippen LogP contribution in [0.2, 0.25) is 10.0 Å². The molecule has 0 spiro atoms. The Labute approximate surface area is 193 Å². The van der Waals surface area contributed by atoms with Gasteiger partial charge in [0.2, 0.25) is 5.91 Å². The number of benzene rings is 3. The topological polar surface area (TPSA) is 68.5 Å². The maximum absolute atomic E-state index is 12.5. The summed E-state index contributed by atoms with van der Waals surface area (Å²) in [6.45, 7) is 0. The molecular weight excluding hydrogens is 449 g/mol. The van der Waals surface area contributed by atoms with E-state index in [1.54, 1.807) is 73.8 Å². The summed E-state index contributed by atoms with van der Waals surface area (Å²) in [5.74, 6) is 0.728. The van der Waals surface area contributed by atoms with Gasteiger partial charge in [0.1, 0.15) is 17.1 Å². The molecule has 4 rings (SSSR count). The molecule has 32 heavy (non-hydrogen) atoms. The van der Waals surface area contributed by atoms with Gasteiger partial charge in [-0.15, -0.1) is 0 Å². The lowest BCUT2D eigenvalue weighted by atomic mass is 10.1. The van der Waals surface area contributed by atoms with Crippen LogP contribution in [0, 0.1) is 0 Å². The van der Waals surface area contributed by atoms with Gasteiger partial charge in [-0.25, -0.2) is 0 Å². The number of nitrogens with one attached hydrogen (secondary N) is 1. The standard InChI is InChI=1S/C25H17Cl2NO4/c1-31-18-8-10-23-19(13-18)22(29)14-24(32-23)16-4-6-17(7-5-16)28-25(30)11-3-15-2-9-20(26)21(27)12-15/h2-14H,1H3,(H,28,30)/b11-3+. The fraction of sp³-hybridized carbons (Fsp3) is 0.0400. The summed E-state index contributed by atoms with van der Waals surface area (Å²) in [7, 11) is 1.54. The third-order valence-corrected chi connectivity index (χ3v) is 5.48. The SMILES string of the molecule is COc1ccc2oc(-c3ccc(NC(=O)/C=C/c4ccc(Cl)c(Cl)c4)cc3)cc(=O)c2c1. The van der Waals surface area contributed by atoms with E-state index in [1.807, 2.05) is 0 Å². The van der Waals surface area contributed by atoms with Crippen molar-refractivity contribution in [3.8, 4) is 17.1 Å². The fourth-order valence-corrected chi connectivity index (χ4v) is 3.40. The molecule has 0 aliphatic rings. The van der Waals surface area contributed by atoms with Crippen LogP contribution in [0.15, 0.2) is 82.0 Å². The van der Waals surface area contributed by atoms with Crippen molar-refractivity contribution in [2.24, 2.45) is 0 Å². The first kappa shape index (κ1) is 21.7. The minimum absolute atomic E-state index is 0.162. The quantitative estimate of drug-likeness (QED) is 0.345. The summed E-state index contributed by atoms with van der Waals surface area (Å²) in [5, 5.41) is 4.10. The molecule has 0 atom stereocenters. The maximum atomic E-state index is 12.5. The summed E-state index contributed by atoms with van der Waals surface area (Å²) < 4.78 is 11.0. The average Bonchev–Trinajstić information content (AvgIpc) is 2.80. The monoisotopic (exact) mass is 465 g/mol. The minimum atomic E-state index is -0.296. The van der Waals surface area contributed by atoms with Gasteiger partial charge in [0, 0.05) is 23.4 Å². The van der Waals surface area contributed by atoms with E-state index in [2.05, 4.69) is 5.32 Å². The van der Waals surface area contributed by atoms with E-state index in [-0.39, 0.29) is 11.3 Å². The summed E-state index contributed by atoms with van der Waals surface area (Å²) in [5.41, 5.74) is 2.38. The zero-order valence-electron chi connectivity index (χ0n) is 16.9. The molecule has 5 nitrogen and oxygen atoms in total. The van der Waals surface area contributed by atoms with Crippen LogP contribution >= 0.6 is 23.2 Å². The van der Waals surface area contributed by atoms with E-state index in [0.29, 0.717) is 43.8 Å². The second-order valence-corrected chi connectivity index (χ2v) is 7.72. The molecule has 0 saturated carbocycles. The molecule has 1 N–H and O–H groups in total. The third kappa shape index (κ3) is 4.85. The molecule has 0 saturated heterocycles. The van der Waals surface area contributed by atoms with Crippen LogP contribution < -0.4 is 15.5 Å². The van der Waals surface area contributed by atoms with Gasteiger partial charge in [0.15, 0.2) is 5.43 Å². The number of hydrogen-bond donors (Lipinski definition) is 1. The Bertz CT molecular complexity index is 1390. The number of ether oxygens (including phenoxy) is 1. The Balaban J connectivity index is 1.49. The zero-order valence-corrected chi connectivity index (χ0v) is 18.4. The van der Waals surface area contributed by atoms with E-state index >= 15 is 0 Å². The number of anilines is 1. The molecule has 0 bridgehead atoms. The molecule has 0 radical (unpaired) electrons. The second-order valence-electron chi connectivity index (χ2n) is 6.91. The fourth-order valence-electron chi connectivity index (χ4n) is 3.09. The number of halogens is 2. The Hall–Kier alpha value is -3.54. The first-order chi connectivity index (χ1) is 15.4. The molecular formula is C25H17Cl2NO4. The number of fused-ring (bicyclic) bond motifs is 1. The highest BCUT2D eigenvalue weighted by atomic mass is 35.5. The Morgan fingerprint density at radius 2 is 1.75 bits per heavy atom. The largest absolute Gasteiger partial charge is 0.497 e. The van der Waals surface area contributed by atoms with Gasteiger partial charge < -0.3 is 14.5 Å². The van der Waals surface area contributed by atoms with Crippen molar-refractivity contribution in [1.82, 2.24) is 0 Å². The highest BCUT2D eigenvalue weighted by Crippen LogP contribution is 2.26. The van der Waals surface area contributed by atoms with Crippen LogP contribution in [0.5, 0.6) is 5.75 Å². The van der Waals surface area contributed by atoms with Gasteiger partial charge >= 0.3 is 0 Å². The third-order valence-electron chi connectivity index (χ3n) is 4.74.